The van der Waals surface area contributed by atoms with Crippen LogP contribution in [0.1, 0.15) is 149 Å². The van der Waals surface area contributed by atoms with Crippen molar-refractivity contribution in [3.05, 3.63) is 24.3 Å². The predicted molar refractivity (Wildman–Crippen MR) is 187 cm³/mol. The van der Waals surface area contributed by atoms with E-state index in [-0.39, 0.29) is 19.6 Å². The molecule has 0 amide bonds. The number of aliphatic hydroxyl groups excluding tert-OH is 4. The molecule has 1 aliphatic rings. The lowest BCUT2D eigenvalue weighted by Crippen LogP contribution is -2.59. The van der Waals surface area contributed by atoms with Crippen LogP contribution >= 0.6 is 0 Å². The highest BCUT2D eigenvalue weighted by atomic mass is 16.7. The molecule has 2 unspecified atom stereocenters. The quantitative estimate of drug-likeness (QED) is 0.0282. The molecule has 0 saturated carbocycles. The van der Waals surface area contributed by atoms with Gasteiger partial charge in [-0.05, 0) is 19.3 Å². The summed E-state index contributed by atoms with van der Waals surface area (Å²) < 4.78 is 21.8. The summed E-state index contributed by atoms with van der Waals surface area (Å²) in [6.07, 6.45) is 22.6. The normalized spacial score (nSPS) is 22.0. The van der Waals surface area contributed by atoms with Crippen LogP contribution in [-0.4, -0.2) is 89.0 Å². The number of esters is 2. The zero-order chi connectivity index (χ0) is 35.2. The van der Waals surface area contributed by atoms with Crippen molar-refractivity contribution in [2.24, 2.45) is 0 Å². The molecule has 1 rings (SSSR count). The lowest BCUT2D eigenvalue weighted by molar-refractivity contribution is -0.305. The van der Waals surface area contributed by atoms with Crippen molar-refractivity contribution in [3.8, 4) is 0 Å². The Hall–Kier alpha value is -1.82. The average molecular weight is 685 g/mol. The Balaban J connectivity index is 2.46. The maximum Gasteiger partial charge on any atom is 0.331 e. The van der Waals surface area contributed by atoms with Crippen LogP contribution in [-0.2, 0) is 28.5 Å². The van der Waals surface area contributed by atoms with Crippen LogP contribution in [0.15, 0.2) is 24.3 Å². The van der Waals surface area contributed by atoms with Crippen molar-refractivity contribution in [1.29, 1.82) is 0 Å². The number of hydrogen-bond donors (Lipinski definition) is 4. The van der Waals surface area contributed by atoms with Crippen molar-refractivity contribution in [3.63, 3.8) is 0 Å². The molecule has 6 atom stereocenters. The second kappa shape index (κ2) is 30.0. The summed E-state index contributed by atoms with van der Waals surface area (Å²) in [6.45, 7) is 3.25. The largest absolute Gasteiger partial charge is 0.462 e. The van der Waals surface area contributed by atoms with E-state index in [1.54, 1.807) is 12.2 Å². The SMILES string of the molecule is CCCCCCCCCCCCC/C=C/C=C/C(=O)O[C@H](COC(=O)CCCCCCCCCC)CO[C@@H]1O[C@H](CO)[C@H](O)C(O)C1O. The zero-order valence-electron chi connectivity index (χ0n) is 30.0. The number of carbonyl (C=O) groups excluding carboxylic acids is 2. The fourth-order valence-electron chi connectivity index (χ4n) is 5.62. The fourth-order valence-corrected chi connectivity index (χ4v) is 5.62. The summed E-state index contributed by atoms with van der Waals surface area (Å²) in [4.78, 5) is 24.9. The van der Waals surface area contributed by atoms with Gasteiger partial charge < -0.3 is 39.4 Å². The van der Waals surface area contributed by atoms with Crippen LogP contribution in [0.3, 0.4) is 0 Å². The van der Waals surface area contributed by atoms with Gasteiger partial charge in [0.2, 0.25) is 0 Å². The topological polar surface area (TPSA) is 152 Å². The Morgan fingerprint density at radius 1 is 0.688 bits per heavy atom. The highest BCUT2D eigenvalue weighted by Crippen LogP contribution is 2.22. The molecule has 0 aromatic heterocycles. The van der Waals surface area contributed by atoms with Crippen molar-refractivity contribution in [2.45, 2.75) is 185 Å². The maximum atomic E-state index is 12.6. The van der Waals surface area contributed by atoms with E-state index in [0.717, 1.165) is 32.1 Å². The molecule has 0 aliphatic carbocycles. The van der Waals surface area contributed by atoms with Crippen molar-refractivity contribution in [2.75, 3.05) is 19.8 Å². The minimum Gasteiger partial charge on any atom is -0.462 e. The third-order valence-electron chi connectivity index (χ3n) is 8.70. The van der Waals surface area contributed by atoms with Gasteiger partial charge in [-0.2, -0.15) is 0 Å². The molecule has 280 valence electrons. The molecule has 10 nitrogen and oxygen atoms in total. The van der Waals surface area contributed by atoms with Gasteiger partial charge in [-0.3, -0.25) is 4.79 Å². The van der Waals surface area contributed by atoms with E-state index in [4.69, 9.17) is 18.9 Å². The van der Waals surface area contributed by atoms with E-state index in [1.165, 1.54) is 96.0 Å². The highest BCUT2D eigenvalue weighted by Gasteiger charge is 2.44. The van der Waals surface area contributed by atoms with Crippen LogP contribution in [0.25, 0.3) is 0 Å². The van der Waals surface area contributed by atoms with Gasteiger partial charge in [0.15, 0.2) is 12.4 Å². The number of carbonyl (C=O) groups is 2. The molecule has 1 aliphatic heterocycles. The number of allylic oxidation sites excluding steroid dienone is 3. The second-order valence-corrected chi connectivity index (χ2v) is 13.1. The molecule has 0 bridgehead atoms. The summed E-state index contributed by atoms with van der Waals surface area (Å²) in [5.41, 5.74) is 0. The average Bonchev–Trinajstić information content (AvgIpc) is 3.08. The van der Waals surface area contributed by atoms with E-state index in [0.29, 0.717) is 6.42 Å². The molecule has 0 spiro atoms. The molecule has 1 heterocycles. The van der Waals surface area contributed by atoms with Gasteiger partial charge >= 0.3 is 11.9 Å². The van der Waals surface area contributed by atoms with E-state index in [2.05, 4.69) is 13.8 Å². The number of unbranched alkanes of at least 4 members (excludes halogenated alkanes) is 18. The molecule has 1 fully saturated rings. The van der Waals surface area contributed by atoms with Crippen LogP contribution < -0.4 is 0 Å². The van der Waals surface area contributed by atoms with Gasteiger partial charge in [0.25, 0.3) is 0 Å². The van der Waals surface area contributed by atoms with Gasteiger partial charge in [0, 0.05) is 12.5 Å². The van der Waals surface area contributed by atoms with Crippen molar-refractivity contribution >= 4 is 11.9 Å². The third kappa shape index (κ3) is 22.0. The van der Waals surface area contributed by atoms with Gasteiger partial charge in [-0.1, -0.05) is 141 Å². The fraction of sp³-hybridized carbons (Fsp3) is 0.842. The lowest BCUT2D eigenvalue weighted by atomic mass is 9.99. The van der Waals surface area contributed by atoms with Crippen molar-refractivity contribution < 1.29 is 49.0 Å². The molecule has 0 aromatic rings. The first-order chi connectivity index (χ1) is 23.3. The first kappa shape index (κ1) is 44.2. The third-order valence-corrected chi connectivity index (χ3v) is 8.70. The Bertz CT molecular complexity index is 845. The minimum absolute atomic E-state index is 0.257. The number of rotatable bonds is 30. The van der Waals surface area contributed by atoms with Crippen LogP contribution in [0.5, 0.6) is 0 Å². The summed E-state index contributed by atoms with van der Waals surface area (Å²) in [5, 5.41) is 39.8. The first-order valence-corrected chi connectivity index (χ1v) is 19.0. The van der Waals surface area contributed by atoms with Gasteiger partial charge in [0.1, 0.15) is 31.0 Å². The second-order valence-electron chi connectivity index (χ2n) is 13.1. The van der Waals surface area contributed by atoms with E-state index < -0.39 is 55.4 Å². The zero-order valence-corrected chi connectivity index (χ0v) is 30.0. The summed E-state index contributed by atoms with van der Waals surface area (Å²) in [6, 6.07) is 0. The predicted octanol–water partition coefficient (Wildman–Crippen LogP) is 6.60. The molecule has 0 aromatic carbocycles. The van der Waals surface area contributed by atoms with Crippen molar-refractivity contribution in [1.82, 2.24) is 0 Å². The maximum absolute atomic E-state index is 12.6. The van der Waals surface area contributed by atoms with E-state index >= 15 is 0 Å². The molecule has 0 radical (unpaired) electrons. The summed E-state index contributed by atoms with van der Waals surface area (Å²) in [7, 11) is 0. The Kier molecular flexibility index (Phi) is 27.7. The molecular weight excluding hydrogens is 616 g/mol. The summed E-state index contributed by atoms with van der Waals surface area (Å²) in [5.74, 6) is -1.06. The minimum atomic E-state index is -1.61. The monoisotopic (exact) mass is 684 g/mol. The highest BCUT2D eigenvalue weighted by molar-refractivity contribution is 5.82. The Morgan fingerprint density at radius 2 is 1.23 bits per heavy atom. The summed E-state index contributed by atoms with van der Waals surface area (Å²) >= 11 is 0. The van der Waals surface area contributed by atoms with Gasteiger partial charge in [-0.25, -0.2) is 4.79 Å². The molecule has 48 heavy (non-hydrogen) atoms. The lowest BCUT2D eigenvalue weighted by Gasteiger charge is -2.39. The number of ether oxygens (including phenoxy) is 4. The molecule has 4 N–H and O–H groups in total. The smallest absolute Gasteiger partial charge is 0.331 e. The van der Waals surface area contributed by atoms with Crippen LogP contribution in [0.4, 0.5) is 0 Å². The Morgan fingerprint density at radius 3 is 1.79 bits per heavy atom. The number of aliphatic hydroxyl groups is 4. The molecular formula is C38H68O10. The van der Waals surface area contributed by atoms with E-state index in [1.807, 2.05) is 6.08 Å². The first-order valence-electron chi connectivity index (χ1n) is 19.0. The number of hydrogen-bond acceptors (Lipinski definition) is 10. The van der Waals surface area contributed by atoms with Crippen LogP contribution in [0, 0.1) is 0 Å². The molecule has 10 heteroatoms. The Labute approximate surface area is 290 Å². The standard InChI is InChI=1S/C38H68O10/c1-3-5-7-9-11-13-14-15-16-17-18-19-21-23-25-27-34(41)47-31(29-45-33(40)26-24-22-20-12-10-8-6-4-2)30-46-38-37(44)36(43)35(42)32(28-39)48-38/h21,23,25,27,31-32,35-39,42-44H,3-20,22,24,26,28-30H2,1-2H3/b23-21+,27-25+/t31-,32-,35+,36?,37?,38-/m1/s1. The van der Waals surface area contributed by atoms with Crippen LogP contribution in [0.2, 0.25) is 0 Å². The van der Waals surface area contributed by atoms with E-state index in [9.17, 15) is 30.0 Å². The van der Waals surface area contributed by atoms with Gasteiger partial charge in [-0.15, -0.1) is 0 Å². The van der Waals surface area contributed by atoms with Gasteiger partial charge in [0.05, 0.1) is 13.2 Å². The molecule has 1 saturated heterocycles.